The molecule has 7 nitrogen and oxygen atoms in total. The molecular weight excluding hydrogens is 450 g/mol. The molecule has 174 valence electrons. The van der Waals surface area contributed by atoms with Gasteiger partial charge in [-0.05, 0) is 49.7 Å². The third kappa shape index (κ3) is 5.35. The van der Waals surface area contributed by atoms with Gasteiger partial charge in [0.05, 0.1) is 19.7 Å². The lowest BCUT2D eigenvalue weighted by molar-refractivity contribution is 0.0909. The second-order valence-electron chi connectivity index (χ2n) is 7.77. The molecule has 0 spiro atoms. The van der Waals surface area contributed by atoms with Crippen LogP contribution in [0.15, 0.2) is 81.5 Å². The molecule has 0 fully saturated rings. The highest BCUT2D eigenvalue weighted by molar-refractivity contribution is 7.07. The Bertz CT molecular complexity index is 1370. The van der Waals surface area contributed by atoms with Crippen LogP contribution in [0.2, 0.25) is 0 Å². The highest BCUT2D eigenvalue weighted by atomic mass is 32.1. The Morgan fingerprint density at radius 1 is 1.12 bits per heavy atom. The number of thiazole rings is 1. The van der Waals surface area contributed by atoms with E-state index >= 15 is 0 Å². The molecule has 8 heteroatoms. The summed E-state index contributed by atoms with van der Waals surface area (Å²) in [6.07, 6.45) is 0. The Balaban J connectivity index is 1.50. The van der Waals surface area contributed by atoms with Crippen LogP contribution in [0.5, 0.6) is 5.75 Å². The second kappa shape index (κ2) is 10.4. The number of benzene rings is 2. The highest BCUT2D eigenvalue weighted by Gasteiger charge is 2.16. The van der Waals surface area contributed by atoms with Crippen molar-refractivity contribution in [2.45, 2.75) is 26.4 Å². The maximum absolute atomic E-state index is 12.7. The van der Waals surface area contributed by atoms with Crippen molar-refractivity contribution in [3.8, 4) is 5.75 Å². The van der Waals surface area contributed by atoms with Gasteiger partial charge in [0.2, 0.25) is 0 Å². The molecule has 2 amide bonds. The van der Waals surface area contributed by atoms with Gasteiger partial charge in [0.1, 0.15) is 11.5 Å². The quantitative estimate of drug-likeness (QED) is 0.418. The summed E-state index contributed by atoms with van der Waals surface area (Å²) in [4.78, 5) is 30.2. The second-order valence-corrected chi connectivity index (χ2v) is 8.60. The van der Waals surface area contributed by atoms with Crippen molar-refractivity contribution >= 4 is 23.2 Å². The molecule has 0 radical (unpaired) electrons. The van der Waals surface area contributed by atoms with E-state index in [0.29, 0.717) is 28.4 Å². The standard InChI is InChI=1S/C26H25N3O4S/c1-17-16-34-26(28-24(30)20-10-7-11-21(14-20)32-3)29(17)15-22-12-13-23(33-22)25(31)27-18(2)19-8-5-4-6-9-19/h4-14,16,18H,15H2,1-3H3,(H,27,31)/t18-/m1/s1. The van der Waals surface area contributed by atoms with Gasteiger partial charge in [-0.15, -0.1) is 11.3 Å². The van der Waals surface area contributed by atoms with Crippen LogP contribution in [0.4, 0.5) is 0 Å². The summed E-state index contributed by atoms with van der Waals surface area (Å²) in [5, 5.41) is 4.88. The van der Waals surface area contributed by atoms with Gasteiger partial charge in [-0.3, -0.25) is 9.59 Å². The number of methoxy groups -OCH3 is 1. The van der Waals surface area contributed by atoms with Gasteiger partial charge < -0.3 is 19.0 Å². The molecule has 0 bridgehead atoms. The van der Waals surface area contributed by atoms with Crippen molar-refractivity contribution in [1.29, 1.82) is 0 Å². The number of furan rings is 1. The maximum Gasteiger partial charge on any atom is 0.287 e. The van der Waals surface area contributed by atoms with Crippen molar-refractivity contribution in [1.82, 2.24) is 9.88 Å². The van der Waals surface area contributed by atoms with Crippen LogP contribution in [0.1, 0.15) is 50.9 Å². The first-order chi connectivity index (χ1) is 16.4. The third-order valence-electron chi connectivity index (χ3n) is 5.35. The average Bonchev–Trinajstić information content (AvgIpc) is 3.47. The molecule has 0 aliphatic carbocycles. The van der Waals surface area contributed by atoms with E-state index in [0.717, 1.165) is 11.3 Å². The van der Waals surface area contributed by atoms with Gasteiger partial charge in [0.15, 0.2) is 10.6 Å². The number of rotatable bonds is 7. The van der Waals surface area contributed by atoms with Gasteiger partial charge >= 0.3 is 0 Å². The van der Waals surface area contributed by atoms with Gasteiger partial charge in [-0.2, -0.15) is 4.99 Å². The summed E-state index contributed by atoms with van der Waals surface area (Å²) in [6, 6.07) is 19.9. The lowest BCUT2D eigenvalue weighted by atomic mass is 10.1. The molecule has 1 atom stereocenters. The Labute approximate surface area is 201 Å². The summed E-state index contributed by atoms with van der Waals surface area (Å²) in [5.41, 5.74) is 2.39. The van der Waals surface area contributed by atoms with Crippen LogP contribution in [0.3, 0.4) is 0 Å². The number of hydrogen-bond donors (Lipinski definition) is 1. The van der Waals surface area contributed by atoms with Gasteiger partial charge in [-0.1, -0.05) is 36.4 Å². The minimum absolute atomic E-state index is 0.149. The number of carbonyl (C=O) groups is 2. The molecule has 2 aromatic heterocycles. The first kappa shape index (κ1) is 23.3. The lowest BCUT2D eigenvalue weighted by Gasteiger charge is -2.13. The van der Waals surface area contributed by atoms with Crippen LogP contribution in [0.25, 0.3) is 0 Å². The predicted molar refractivity (Wildman–Crippen MR) is 130 cm³/mol. The molecule has 4 aromatic rings. The van der Waals surface area contributed by atoms with Gasteiger partial charge in [0.25, 0.3) is 11.8 Å². The number of hydrogen-bond acceptors (Lipinski definition) is 5. The summed E-state index contributed by atoms with van der Waals surface area (Å²) in [6.45, 7) is 4.21. The Kier molecular flexibility index (Phi) is 7.08. The fraction of sp³-hybridized carbons (Fsp3) is 0.192. The minimum Gasteiger partial charge on any atom is -0.497 e. The number of aryl methyl sites for hydroxylation is 1. The third-order valence-corrected chi connectivity index (χ3v) is 6.33. The maximum atomic E-state index is 12.7. The Hall–Kier alpha value is -3.91. The Morgan fingerprint density at radius 2 is 1.91 bits per heavy atom. The number of ether oxygens (including phenoxy) is 1. The number of nitrogens with zero attached hydrogens (tertiary/aromatic N) is 2. The number of amides is 2. The molecule has 0 saturated carbocycles. The fourth-order valence-electron chi connectivity index (χ4n) is 3.44. The van der Waals surface area contributed by atoms with Gasteiger partial charge in [0, 0.05) is 16.6 Å². The zero-order chi connectivity index (χ0) is 24.1. The molecule has 0 saturated heterocycles. The monoisotopic (exact) mass is 475 g/mol. The van der Waals surface area contributed by atoms with Crippen molar-refractivity contribution in [2.75, 3.05) is 7.11 Å². The molecule has 0 unspecified atom stereocenters. The fourth-order valence-corrected chi connectivity index (χ4v) is 4.31. The molecular formula is C26H25N3O4S. The predicted octanol–water partition coefficient (Wildman–Crippen LogP) is 4.74. The van der Waals surface area contributed by atoms with E-state index in [9.17, 15) is 9.59 Å². The molecule has 1 N–H and O–H groups in total. The lowest BCUT2D eigenvalue weighted by Crippen LogP contribution is -2.26. The van der Waals surface area contributed by atoms with E-state index in [1.54, 1.807) is 43.5 Å². The number of aromatic nitrogens is 1. The zero-order valence-electron chi connectivity index (χ0n) is 19.1. The summed E-state index contributed by atoms with van der Waals surface area (Å²) in [5.74, 6) is 0.780. The van der Waals surface area contributed by atoms with Crippen LogP contribution < -0.4 is 14.9 Å². The SMILES string of the molecule is COc1cccc(C(=O)N=c2scc(C)n2Cc2ccc(C(=O)N[C@H](C)c3ccccc3)o2)c1. The first-order valence-electron chi connectivity index (χ1n) is 10.8. The van der Waals surface area contributed by atoms with Crippen molar-refractivity contribution in [3.63, 3.8) is 0 Å². The van der Waals surface area contributed by atoms with E-state index < -0.39 is 0 Å². The number of nitrogens with one attached hydrogen (secondary N) is 1. The summed E-state index contributed by atoms with van der Waals surface area (Å²) >= 11 is 1.37. The molecule has 34 heavy (non-hydrogen) atoms. The van der Waals surface area contributed by atoms with Gasteiger partial charge in [-0.25, -0.2) is 0 Å². The van der Waals surface area contributed by atoms with E-state index in [-0.39, 0.29) is 23.6 Å². The molecule has 0 aliphatic rings. The first-order valence-corrected chi connectivity index (χ1v) is 11.6. The average molecular weight is 476 g/mol. The highest BCUT2D eigenvalue weighted by Crippen LogP contribution is 2.16. The van der Waals surface area contributed by atoms with Crippen LogP contribution >= 0.6 is 11.3 Å². The molecule has 2 heterocycles. The molecule has 4 rings (SSSR count). The summed E-state index contributed by atoms with van der Waals surface area (Å²) in [7, 11) is 1.55. The van der Waals surface area contributed by atoms with E-state index in [1.165, 1.54) is 11.3 Å². The smallest absolute Gasteiger partial charge is 0.287 e. The number of carbonyl (C=O) groups excluding carboxylic acids is 2. The van der Waals surface area contributed by atoms with Crippen LogP contribution in [-0.4, -0.2) is 23.5 Å². The molecule has 2 aromatic carbocycles. The zero-order valence-corrected chi connectivity index (χ0v) is 20.0. The Morgan fingerprint density at radius 3 is 2.68 bits per heavy atom. The molecule has 0 aliphatic heterocycles. The van der Waals surface area contributed by atoms with Crippen LogP contribution in [-0.2, 0) is 6.54 Å². The topological polar surface area (TPSA) is 85.8 Å². The van der Waals surface area contributed by atoms with Crippen molar-refractivity contribution < 1.29 is 18.7 Å². The van der Waals surface area contributed by atoms with E-state index in [1.807, 2.05) is 54.1 Å². The summed E-state index contributed by atoms with van der Waals surface area (Å²) < 4.78 is 12.9. The van der Waals surface area contributed by atoms with Crippen molar-refractivity contribution in [3.05, 3.63) is 105 Å². The van der Waals surface area contributed by atoms with Crippen LogP contribution in [0, 0.1) is 6.92 Å². The van der Waals surface area contributed by atoms with E-state index in [2.05, 4.69) is 10.3 Å². The van der Waals surface area contributed by atoms with E-state index in [4.69, 9.17) is 9.15 Å². The minimum atomic E-state index is -0.357. The normalized spacial score (nSPS) is 12.4. The van der Waals surface area contributed by atoms with Crippen molar-refractivity contribution in [2.24, 2.45) is 4.99 Å². The largest absolute Gasteiger partial charge is 0.497 e.